The van der Waals surface area contributed by atoms with Crippen molar-refractivity contribution in [1.82, 2.24) is 5.32 Å². The lowest BCUT2D eigenvalue weighted by molar-refractivity contribution is -0.138. The molecule has 4 nitrogen and oxygen atoms in total. The normalized spacial score (nSPS) is 30.4. The largest absolute Gasteiger partial charge is 0.340 e. The Morgan fingerprint density at radius 1 is 1.30 bits per heavy atom. The summed E-state index contributed by atoms with van der Waals surface area (Å²) in [5, 5.41) is 2.82. The van der Waals surface area contributed by atoms with Crippen molar-refractivity contribution in [1.29, 1.82) is 0 Å². The van der Waals surface area contributed by atoms with E-state index in [-0.39, 0.29) is 23.4 Å². The molecule has 2 amide bonds. The number of piperazine rings is 1. The molecule has 2 aliphatic rings. The van der Waals surface area contributed by atoms with Crippen molar-refractivity contribution < 1.29 is 14.0 Å². The third kappa shape index (κ3) is 1.80. The van der Waals surface area contributed by atoms with E-state index in [2.05, 4.69) is 5.32 Å². The summed E-state index contributed by atoms with van der Waals surface area (Å²) < 4.78 is 14.0. The number of rotatable bonds is 2. The molecule has 3 rings (SSSR count). The molecule has 1 saturated carbocycles. The van der Waals surface area contributed by atoms with Crippen LogP contribution in [0, 0.1) is 11.7 Å². The lowest BCUT2D eigenvalue weighted by Gasteiger charge is -2.43. The van der Waals surface area contributed by atoms with Crippen LogP contribution in [0.4, 0.5) is 10.1 Å². The van der Waals surface area contributed by atoms with Crippen LogP contribution in [0.1, 0.15) is 26.7 Å². The van der Waals surface area contributed by atoms with Crippen molar-refractivity contribution >= 4 is 17.5 Å². The van der Waals surface area contributed by atoms with Gasteiger partial charge in [-0.1, -0.05) is 12.1 Å². The number of carbonyl (C=O) groups is 2. The summed E-state index contributed by atoms with van der Waals surface area (Å²) in [4.78, 5) is 26.2. The Morgan fingerprint density at radius 3 is 2.55 bits per heavy atom. The number of hydrogen-bond acceptors (Lipinski definition) is 2. The quantitative estimate of drug-likeness (QED) is 0.896. The third-order valence-corrected chi connectivity index (χ3v) is 4.32. The highest BCUT2D eigenvalue weighted by molar-refractivity contribution is 6.10. The molecule has 20 heavy (non-hydrogen) atoms. The van der Waals surface area contributed by atoms with Crippen molar-refractivity contribution in [2.75, 3.05) is 4.90 Å². The molecule has 1 aromatic rings. The molecule has 0 spiro atoms. The highest BCUT2D eigenvalue weighted by Crippen LogP contribution is 2.43. The van der Waals surface area contributed by atoms with Crippen LogP contribution in [-0.2, 0) is 9.59 Å². The number of anilines is 1. The molecule has 1 aromatic carbocycles. The van der Waals surface area contributed by atoms with Gasteiger partial charge in [0, 0.05) is 0 Å². The molecule has 0 radical (unpaired) electrons. The summed E-state index contributed by atoms with van der Waals surface area (Å²) in [6.07, 6.45) is 1.84. The number of carbonyl (C=O) groups excluding carboxylic acids is 2. The highest BCUT2D eigenvalue weighted by atomic mass is 19.1. The topological polar surface area (TPSA) is 49.4 Å². The number of nitrogens with zero attached hydrogens (tertiary/aromatic N) is 1. The molecular formula is C15H17FN2O2. The summed E-state index contributed by atoms with van der Waals surface area (Å²) in [5.74, 6) is -0.791. The Morgan fingerprint density at radius 2 is 1.95 bits per heavy atom. The van der Waals surface area contributed by atoms with Gasteiger partial charge in [-0.05, 0) is 44.7 Å². The van der Waals surface area contributed by atoms with E-state index in [1.54, 1.807) is 26.0 Å². The zero-order valence-corrected chi connectivity index (χ0v) is 11.5. The van der Waals surface area contributed by atoms with Gasteiger partial charge < -0.3 is 5.32 Å². The highest BCUT2D eigenvalue weighted by Gasteiger charge is 2.55. The Bertz CT molecular complexity index is 585. The molecule has 1 aliphatic heterocycles. The molecule has 106 valence electrons. The zero-order chi connectivity index (χ0) is 14.5. The van der Waals surface area contributed by atoms with Crippen LogP contribution in [0.5, 0.6) is 0 Å². The van der Waals surface area contributed by atoms with Gasteiger partial charge in [-0.3, -0.25) is 14.5 Å². The van der Waals surface area contributed by atoms with Gasteiger partial charge in [-0.15, -0.1) is 0 Å². The second kappa shape index (κ2) is 4.30. The van der Waals surface area contributed by atoms with Gasteiger partial charge in [0.2, 0.25) is 5.91 Å². The summed E-state index contributed by atoms with van der Waals surface area (Å²) in [5.41, 5.74) is -0.738. The maximum atomic E-state index is 14.0. The molecule has 2 unspecified atom stereocenters. The first kappa shape index (κ1) is 13.1. The van der Waals surface area contributed by atoms with E-state index < -0.39 is 17.4 Å². The van der Waals surface area contributed by atoms with E-state index >= 15 is 0 Å². The lowest BCUT2D eigenvalue weighted by atomic mass is 9.89. The Labute approximate surface area is 117 Å². The molecule has 2 atom stereocenters. The van der Waals surface area contributed by atoms with Crippen LogP contribution in [-0.4, -0.2) is 23.4 Å². The fourth-order valence-corrected chi connectivity index (χ4v) is 2.86. The predicted octanol–water partition coefficient (Wildman–Crippen LogP) is 1.85. The lowest BCUT2D eigenvalue weighted by Crippen LogP contribution is -2.70. The number of amides is 2. The van der Waals surface area contributed by atoms with Crippen LogP contribution >= 0.6 is 0 Å². The fraction of sp³-hybridized carbons (Fsp3) is 0.467. The number of halogens is 1. The minimum atomic E-state index is -0.911. The van der Waals surface area contributed by atoms with Crippen molar-refractivity contribution in [2.24, 2.45) is 5.92 Å². The SMILES string of the molecule is CC1C(=O)NC(C)(C2CC2)C(=O)N1c1ccccc1F. The monoisotopic (exact) mass is 276 g/mol. The summed E-state index contributed by atoms with van der Waals surface area (Å²) in [6.45, 7) is 3.36. The maximum absolute atomic E-state index is 14.0. The Kier molecular flexibility index (Phi) is 2.81. The van der Waals surface area contributed by atoms with E-state index in [1.807, 2.05) is 0 Å². The standard InChI is InChI=1S/C15H17FN2O2/c1-9-13(19)17-15(2,10-7-8-10)14(20)18(9)12-6-4-3-5-11(12)16/h3-6,9-10H,7-8H2,1-2H3,(H,17,19). The van der Waals surface area contributed by atoms with E-state index in [9.17, 15) is 14.0 Å². The van der Waals surface area contributed by atoms with Crippen LogP contribution < -0.4 is 10.2 Å². The maximum Gasteiger partial charge on any atom is 0.253 e. The average molecular weight is 276 g/mol. The molecule has 2 fully saturated rings. The third-order valence-electron chi connectivity index (χ3n) is 4.32. The van der Waals surface area contributed by atoms with Crippen LogP contribution in [0.3, 0.4) is 0 Å². The van der Waals surface area contributed by atoms with Crippen molar-refractivity contribution in [3.05, 3.63) is 30.1 Å². The average Bonchev–Trinajstić information content (AvgIpc) is 3.24. The van der Waals surface area contributed by atoms with E-state index in [0.29, 0.717) is 0 Å². The van der Waals surface area contributed by atoms with Gasteiger partial charge >= 0.3 is 0 Å². The number of para-hydroxylation sites is 1. The van der Waals surface area contributed by atoms with Gasteiger partial charge in [0.25, 0.3) is 5.91 Å². The minimum absolute atomic E-state index is 0.153. The zero-order valence-electron chi connectivity index (χ0n) is 11.5. The van der Waals surface area contributed by atoms with Crippen molar-refractivity contribution in [3.63, 3.8) is 0 Å². The van der Waals surface area contributed by atoms with Gasteiger partial charge in [0.15, 0.2) is 0 Å². The molecule has 5 heteroatoms. The first-order chi connectivity index (χ1) is 9.45. The van der Waals surface area contributed by atoms with Crippen molar-refractivity contribution in [3.8, 4) is 0 Å². The first-order valence-electron chi connectivity index (χ1n) is 6.85. The number of benzene rings is 1. The molecule has 1 heterocycles. The molecule has 1 N–H and O–H groups in total. The van der Waals surface area contributed by atoms with Crippen molar-refractivity contribution in [2.45, 2.75) is 38.3 Å². The van der Waals surface area contributed by atoms with E-state index in [1.165, 1.54) is 17.0 Å². The molecular weight excluding hydrogens is 259 g/mol. The molecule has 1 saturated heterocycles. The number of hydrogen-bond donors (Lipinski definition) is 1. The number of nitrogens with one attached hydrogen (secondary N) is 1. The van der Waals surface area contributed by atoms with Gasteiger partial charge in [0.05, 0.1) is 5.69 Å². The van der Waals surface area contributed by atoms with E-state index in [4.69, 9.17) is 0 Å². The van der Waals surface area contributed by atoms with E-state index in [0.717, 1.165) is 12.8 Å². The molecule has 0 bridgehead atoms. The Hall–Kier alpha value is -1.91. The second-order valence-corrected chi connectivity index (χ2v) is 5.77. The molecule has 1 aliphatic carbocycles. The smallest absolute Gasteiger partial charge is 0.253 e. The van der Waals surface area contributed by atoms with Gasteiger partial charge in [-0.25, -0.2) is 4.39 Å². The van der Waals surface area contributed by atoms with Gasteiger partial charge in [0.1, 0.15) is 17.4 Å². The molecule has 0 aromatic heterocycles. The predicted molar refractivity (Wildman–Crippen MR) is 72.6 cm³/mol. The summed E-state index contributed by atoms with van der Waals surface area (Å²) in [6, 6.07) is 5.37. The first-order valence-corrected chi connectivity index (χ1v) is 6.85. The van der Waals surface area contributed by atoms with Crippen LogP contribution in [0.15, 0.2) is 24.3 Å². The minimum Gasteiger partial charge on any atom is -0.340 e. The van der Waals surface area contributed by atoms with Crippen LogP contribution in [0.25, 0.3) is 0 Å². The Balaban J connectivity index is 2.05. The van der Waals surface area contributed by atoms with Crippen LogP contribution in [0.2, 0.25) is 0 Å². The summed E-state index contributed by atoms with van der Waals surface area (Å²) in [7, 11) is 0. The second-order valence-electron chi connectivity index (χ2n) is 5.77. The summed E-state index contributed by atoms with van der Waals surface area (Å²) >= 11 is 0. The van der Waals surface area contributed by atoms with Gasteiger partial charge in [-0.2, -0.15) is 0 Å². The fourth-order valence-electron chi connectivity index (χ4n) is 2.86.